The van der Waals surface area contributed by atoms with Gasteiger partial charge in [0, 0.05) is 0 Å². The summed E-state index contributed by atoms with van der Waals surface area (Å²) in [6.07, 6.45) is -0.882. The van der Waals surface area contributed by atoms with Crippen molar-refractivity contribution < 1.29 is 14.9 Å². The highest BCUT2D eigenvalue weighted by atomic mass is 16.5. The lowest BCUT2D eigenvalue weighted by molar-refractivity contribution is 0.00392. The molecule has 0 radical (unpaired) electrons. The summed E-state index contributed by atoms with van der Waals surface area (Å²) in [4.78, 5) is 0. The van der Waals surface area contributed by atoms with Crippen molar-refractivity contribution in [2.24, 2.45) is 0 Å². The van der Waals surface area contributed by atoms with Gasteiger partial charge in [-0.25, -0.2) is 0 Å². The summed E-state index contributed by atoms with van der Waals surface area (Å²) in [6.45, 7) is 3.87. The van der Waals surface area contributed by atoms with Crippen molar-refractivity contribution in [3.8, 4) is 0 Å². The first-order valence-electron chi connectivity index (χ1n) is 3.06. The average molecular weight is 134 g/mol. The maximum Gasteiger partial charge on any atom is 0.0745 e. The summed E-state index contributed by atoms with van der Waals surface area (Å²) in [5.74, 6) is 0. The van der Waals surface area contributed by atoms with Crippen molar-refractivity contribution in [1.29, 1.82) is 0 Å². The molecular weight excluding hydrogens is 120 g/mol. The van der Waals surface area contributed by atoms with Gasteiger partial charge in [0.1, 0.15) is 0 Å². The van der Waals surface area contributed by atoms with E-state index in [4.69, 9.17) is 14.9 Å². The maximum absolute atomic E-state index is 8.66. The lowest BCUT2D eigenvalue weighted by Crippen LogP contribution is -2.16. The third-order valence-corrected chi connectivity index (χ3v) is 0.718. The van der Waals surface area contributed by atoms with Gasteiger partial charge in [-0.15, -0.1) is 0 Å². The molecule has 0 saturated heterocycles. The summed E-state index contributed by atoms with van der Waals surface area (Å²) in [7, 11) is 0. The molecule has 0 spiro atoms. The SMILES string of the molecule is CC(O)COC[C@@H](C)O. The van der Waals surface area contributed by atoms with Crippen LogP contribution in [0.3, 0.4) is 0 Å². The molecule has 0 aliphatic heterocycles. The van der Waals surface area contributed by atoms with E-state index < -0.39 is 12.2 Å². The molecule has 0 aromatic heterocycles. The molecule has 56 valence electrons. The van der Waals surface area contributed by atoms with E-state index in [1.54, 1.807) is 13.8 Å². The Balaban J connectivity index is 2.91. The van der Waals surface area contributed by atoms with Crippen molar-refractivity contribution in [2.45, 2.75) is 26.1 Å². The Kier molecular flexibility index (Phi) is 4.67. The van der Waals surface area contributed by atoms with E-state index in [0.717, 1.165) is 0 Å². The summed E-state index contributed by atoms with van der Waals surface area (Å²) in [5, 5.41) is 17.3. The van der Waals surface area contributed by atoms with Crippen molar-refractivity contribution >= 4 is 0 Å². The monoisotopic (exact) mass is 134 g/mol. The van der Waals surface area contributed by atoms with E-state index in [0.29, 0.717) is 13.2 Å². The molecule has 0 amide bonds. The molecule has 0 bridgehead atoms. The van der Waals surface area contributed by atoms with E-state index in [2.05, 4.69) is 0 Å². The minimum absolute atomic E-state index is 0.297. The largest absolute Gasteiger partial charge is 0.391 e. The van der Waals surface area contributed by atoms with Crippen LogP contribution in [0.15, 0.2) is 0 Å². The van der Waals surface area contributed by atoms with Gasteiger partial charge in [-0.1, -0.05) is 0 Å². The standard InChI is InChI=1S/C6H14O3/c1-5(7)3-9-4-6(2)8/h5-8H,3-4H2,1-2H3/t5-,6?/m1/s1. The molecule has 9 heavy (non-hydrogen) atoms. The Morgan fingerprint density at radius 1 is 1.11 bits per heavy atom. The van der Waals surface area contributed by atoms with Crippen molar-refractivity contribution in [3.05, 3.63) is 0 Å². The van der Waals surface area contributed by atoms with E-state index >= 15 is 0 Å². The molecule has 0 saturated carbocycles. The lowest BCUT2D eigenvalue weighted by Gasteiger charge is -2.06. The Labute approximate surface area is 55.3 Å². The molecule has 0 aromatic carbocycles. The Bertz CT molecular complexity index is 53.3. The first kappa shape index (κ1) is 8.88. The lowest BCUT2D eigenvalue weighted by atomic mass is 10.4. The zero-order chi connectivity index (χ0) is 7.28. The van der Waals surface area contributed by atoms with Crippen LogP contribution in [0.1, 0.15) is 13.8 Å². The van der Waals surface area contributed by atoms with Crippen molar-refractivity contribution in [3.63, 3.8) is 0 Å². The summed E-state index contributed by atoms with van der Waals surface area (Å²) in [5.41, 5.74) is 0. The normalized spacial score (nSPS) is 17.3. The second kappa shape index (κ2) is 4.73. The van der Waals surface area contributed by atoms with Crippen LogP contribution in [0.2, 0.25) is 0 Å². The van der Waals surface area contributed by atoms with E-state index in [9.17, 15) is 0 Å². The second-order valence-electron chi connectivity index (χ2n) is 2.24. The molecule has 2 atom stereocenters. The molecule has 2 N–H and O–H groups in total. The van der Waals surface area contributed by atoms with Crippen LogP contribution in [0.4, 0.5) is 0 Å². The number of aliphatic hydroxyl groups excluding tert-OH is 2. The van der Waals surface area contributed by atoms with Gasteiger partial charge in [0.2, 0.25) is 0 Å². The van der Waals surface area contributed by atoms with Gasteiger partial charge >= 0.3 is 0 Å². The second-order valence-corrected chi connectivity index (χ2v) is 2.24. The van der Waals surface area contributed by atoms with Gasteiger partial charge in [0.05, 0.1) is 25.4 Å². The van der Waals surface area contributed by atoms with Gasteiger partial charge in [0.15, 0.2) is 0 Å². The van der Waals surface area contributed by atoms with E-state index in [1.165, 1.54) is 0 Å². The minimum atomic E-state index is -0.441. The molecule has 0 fully saturated rings. The fourth-order valence-electron chi connectivity index (χ4n) is 0.409. The summed E-state index contributed by atoms with van der Waals surface area (Å²) >= 11 is 0. The molecule has 3 heteroatoms. The first-order chi connectivity index (χ1) is 4.13. The fourth-order valence-corrected chi connectivity index (χ4v) is 0.409. The predicted molar refractivity (Wildman–Crippen MR) is 34.2 cm³/mol. The molecule has 1 unspecified atom stereocenters. The fraction of sp³-hybridized carbons (Fsp3) is 1.00. The number of aliphatic hydroxyl groups is 2. The van der Waals surface area contributed by atoms with Gasteiger partial charge in [-0.2, -0.15) is 0 Å². The maximum atomic E-state index is 8.66. The summed E-state index contributed by atoms with van der Waals surface area (Å²) < 4.78 is 4.86. The summed E-state index contributed by atoms with van der Waals surface area (Å²) in [6, 6.07) is 0. The number of hydrogen-bond donors (Lipinski definition) is 2. The molecule has 0 aliphatic carbocycles. The molecule has 0 aromatic rings. The third-order valence-electron chi connectivity index (χ3n) is 0.718. The number of rotatable bonds is 4. The minimum Gasteiger partial charge on any atom is -0.391 e. The van der Waals surface area contributed by atoms with Crippen molar-refractivity contribution in [2.75, 3.05) is 13.2 Å². The highest BCUT2D eigenvalue weighted by Crippen LogP contribution is 1.85. The number of ether oxygens (including phenoxy) is 1. The van der Waals surface area contributed by atoms with Gasteiger partial charge in [-0.05, 0) is 13.8 Å². The van der Waals surface area contributed by atoms with Crippen LogP contribution in [0.5, 0.6) is 0 Å². The highest BCUT2D eigenvalue weighted by Gasteiger charge is 1.97. The molecule has 3 nitrogen and oxygen atoms in total. The number of hydrogen-bond acceptors (Lipinski definition) is 3. The average Bonchev–Trinajstić information content (AvgIpc) is 1.63. The molecule has 0 rings (SSSR count). The third kappa shape index (κ3) is 7.88. The van der Waals surface area contributed by atoms with Crippen LogP contribution in [0, 0.1) is 0 Å². The quantitative estimate of drug-likeness (QED) is 0.558. The van der Waals surface area contributed by atoms with E-state index in [1.807, 2.05) is 0 Å². The Morgan fingerprint density at radius 3 is 1.67 bits per heavy atom. The molecule has 0 heterocycles. The highest BCUT2D eigenvalue weighted by molar-refractivity contribution is 4.44. The van der Waals surface area contributed by atoms with Crippen LogP contribution in [-0.4, -0.2) is 35.6 Å². The van der Waals surface area contributed by atoms with Crippen LogP contribution >= 0.6 is 0 Å². The molecular formula is C6H14O3. The zero-order valence-corrected chi connectivity index (χ0v) is 5.87. The Hall–Kier alpha value is -0.120. The molecule has 0 aliphatic rings. The Morgan fingerprint density at radius 2 is 1.44 bits per heavy atom. The first-order valence-corrected chi connectivity index (χ1v) is 3.06. The van der Waals surface area contributed by atoms with Crippen LogP contribution < -0.4 is 0 Å². The van der Waals surface area contributed by atoms with Gasteiger partial charge < -0.3 is 14.9 Å². The zero-order valence-electron chi connectivity index (χ0n) is 5.87. The smallest absolute Gasteiger partial charge is 0.0745 e. The topological polar surface area (TPSA) is 49.7 Å². The van der Waals surface area contributed by atoms with Gasteiger partial charge in [-0.3, -0.25) is 0 Å². The van der Waals surface area contributed by atoms with Crippen LogP contribution in [-0.2, 0) is 4.74 Å². The van der Waals surface area contributed by atoms with Gasteiger partial charge in [0.25, 0.3) is 0 Å². The van der Waals surface area contributed by atoms with Crippen molar-refractivity contribution in [1.82, 2.24) is 0 Å². The van der Waals surface area contributed by atoms with Crippen LogP contribution in [0.25, 0.3) is 0 Å². The van der Waals surface area contributed by atoms with E-state index in [-0.39, 0.29) is 0 Å². The predicted octanol–water partition coefficient (Wildman–Crippen LogP) is -0.235.